The third-order valence-electron chi connectivity index (χ3n) is 5.02. The van der Waals surface area contributed by atoms with Crippen LogP contribution in [-0.2, 0) is 13.2 Å². The van der Waals surface area contributed by atoms with E-state index >= 15 is 0 Å². The van der Waals surface area contributed by atoms with Crippen LogP contribution in [0, 0.1) is 6.92 Å². The number of halogens is 3. The number of rotatable bonds is 5. The lowest BCUT2D eigenvalue weighted by atomic mass is 10.2. The number of urea groups is 1. The predicted octanol–water partition coefficient (Wildman–Crippen LogP) is 6.85. The van der Waals surface area contributed by atoms with Crippen molar-refractivity contribution in [3.8, 4) is 22.8 Å². The van der Waals surface area contributed by atoms with Crippen LogP contribution in [0.25, 0.3) is 11.3 Å². The molecule has 2 aromatic heterocycles. The lowest BCUT2D eigenvalue weighted by Gasteiger charge is -2.13. The maximum absolute atomic E-state index is 12.7. The van der Waals surface area contributed by atoms with E-state index in [1.54, 1.807) is 30.5 Å². The average molecular weight is 466 g/mol. The predicted molar refractivity (Wildman–Crippen MR) is 124 cm³/mol. The summed E-state index contributed by atoms with van der Waals surface area (Å²) in [7, 11) is 1.93. The van der Waals surface area contributed by atoms with E-state index in [0.29, 0.717) is 17.2 Å². The summed E-state index contributed by atoms with van der Waals surface area (Å²) < 4.78 is 46.0. The first-order chi connectivity index (χ1) is 16.2. The molecule has 4 aromatic rings. The summed E-state index contributed by atoms with van der Waals surface area (Å²) in [6, 6.07) is 14.4. The maximum Gasteiger partial charge on any atom is 0.416 e. The summed E-state index contributed by atoms with van der Waals surface area (Å²) in [5.74, 6) is 1.08. The molecule has 2 N–H and O–H groups in total. The van der Waals surface area contributed by atoms with E-state index in [1.165, 1.54) is 12.1 Å². The van der Waals surface area contributed by atoms with Crippen molar-refractivity contribution in [1.82, 2.24) is 9.55 Å². The second kappa shape index (κ2) is 9.30. The van der Waals surface area contributed by atoms with Gasteiger partial charge in [0, 0.05) is 54.7 Å². The second-order valence-corrected chi connectivity index (χ2v) is 7.68. The zero-order valence-corrected chi connectivity index (χ0v) is 18.4. The van der Waals surface area contributed by atoms with Gasteiger partial charge in [-0.1, -0.05) is 6.07 Å². The molecule has 6 nitrogen and oxygen atoms in total. The number of carbonyl (C=O) groups excluding carboxylic acids is 1. The Hall–Kier alpha value is -4.27. The van der Waals surface area contributed by atoms with Gasteiger partial charge in [0.05, 0.1) is 11.3 Å². The molecule has 174 valence electrons. The molecular weight excluding hydrogens is 445 g/mol. The summed E-state index contributed by atoms with van der Waals surface area (Å²) in [6.45, 7) is 1.82. The fourth-order valence-electron chi connectivity index (χ4n) is 3.25. The van der Waals surface area contributed by atoms with Gasteiger partial charge in [-0.15, -0.1) is 0 Å². The number of pyridine rings is 1. The lowest BCUT2D eigenvalue weighted by Crippen LogP contribution is -2.20. The van der Waals surface area contributed by atoms with Crippen molar-refractivity contribution < 1.29 is 22.7 Å². The van der Waals surface area contributed by atoms with Crippen LogP contribution in [0.4, 0.5) is 29.3 Å². The molecule has 9 heteroatoms. The zero-order valence-electron chi connectivity index (χ0n) is 18.4. The van der Waals surface area contributed by atoms with E-state index in [-0.39, 0.29) is 5.69 Å². The van der Waals surface area contributed by atoms with Crippen LogP contribution in [0.3, 0.4) is 0 Å². The maximum atomic E-state index is 12.7. The molecule has 0 spiro atoms. The van der Waals surface area contributed by atoms with Gasteiger partial charge in [0.2, 0.25) is 0 Å². The van der Waals surface area contributed by atoms with E-state index < -0.39 is 17.8 Å². The number of alkyl halides is 3. The van der Waals surface area contributed by atoms with Crippen molar-refractivity contribution >= 4 is 17.4 Å². The van der Waals surface area contributed by atoms with Crippen LogP contribution in [0.5, 0.6) is 11.5 Å². The van der Waals surface area contributed by atoms with Crippen molar-refractivity contribution in [2.75, 3.05) is 10.6 Å². The van der Waals surface area contributed by atoms with Gasteiger partial charge in [0.25, 0.3) is 0 Å². The van der Waals surface area contributed by atoms with E-state index in [9.17, 15) is 18.0 Å². The van der Waals surface area contributed by atoms with Crippen LogP contribution >= 0.6 is 0 Å². The number of nitrogens with zero attached hydrogens (tertiary/aromatic N) is 2. The molecule has 2 heterocycles. The van der Waals surface area contributed by atoms with Crippen molar-refractivity contribution in [1.29, 1.82) is 0 Å². The molecule has 0 saturated heterocycles. The highest BCUT2D eigenvalue weighted by molar-refractivity contribution is 6.00. The number of aryl methyl sites for hydroxylation is 2. The average Bonchev–Trinajstić information content (AvgIpc) is 3.22. The molecule has 4 rings (SSSR count). The molecule has 0 aliphatic carbocycles. The van der Waals surface area contributed by atoms with Crippen LogP contribution in [0.15, 0.2) is 79.3 Å². The summed E-state index contributed by atoms with van der Waals surface area (Å²) in [5, 5.41) is 5.23. The molecule has 2 aromatic carbocycles. The van der Waals surface area contributed by atoms with E-state index in [4.69, 9.17) is 4.74 Å². The van der Waals surface area contributed by atoms with Gasteiger partial charge < -0.3 is 19.9 Å². The van der Waals surface area contributed by atoms with Gasteiger partial charge >= 0.3 is 12.2 Å². The fourth-order valence-corrected chi connectivity index (χ4v) is 3.25. The normalized spacial score (nSPS) is 11.2. The lowest BCUT2D eigenvalue weighted by molar-refractivity contribution is -0.137. The highest BCUT2D eigenvalue weighted by atomic mass is 19.4. The molecule has 0 unspecified atom stereocenters. The van der Waals surface area contributed by atoms with Crippen molar-refractivity contribution in [3.05, 3.63) is 90.4 Å². The molecule has 0 aliphatic rings. The first kappa shape index (κ1) is 22.9. The van der Waals surface area contributed by atoms with Crippen LogP contribution < -0.4 is 15.4 Å². The smallest absolute Gasteiger partial charge is 0.416 e. The summed E-state index contributed by atoms with van der Waals surface area (Å²) in [4.78, 5) is 16.8. The van der Waals surface area contributed by atoms with Gasteiger partial charge in [-0.2, -0.15) is 13.2 Å². The second-order valence-electron chi connectivity index (χ2n) is 7.68. The van der Waals surface area contributed by atoms with E-state index in [2.05, 4.69) is 15.6 Å². The number of carbonyl (C=O) groups is 1. The molecule has 0 radical (unpaired) electrons. The topological polar surface area (TPSA) is 68.2 Å². The minimum atomic E-state index is -4.44. The quantitative estimate of drug-likeness (QED) is 0.338. The Morgan fingerprint density at radius 2 is 1.71 bits per heavy atom. The zero-order chi connectivity index (χ0) is 24.3. The Bertz CT molecular complexity index is 1310. The Kier molecular flexibility index (Phi) is 6.27. The monoisotopic (exact) mass is 466 g/mol. The van der Waals surface area contributed by atoms with E-state index in [1.807, 2.05) is 43.1 Å². The number of anilines is 2. The molecule has 34 heavy (non-hydrogen) atoms. The van der Waals surface area contributed by atoms with Gasteiger partial charge in [0.15, 0.2) is 0 Å². The van der Waals surface area contributed by atoms with E-state index in [0.717, 1.165) is 29.0 Å². The van der Waals surface area contributed by atoms with Gasteiger partial charge in [-0.3, -0.25) is 4.98 Å². The fraction of sp³-hybridized carbons (Fsp3) is 0.120. The molecule has 0 fully saturated rings. The molecule has 2 amide bonds. The highest BCUT2D eigenvalue weighted by Gasteiger charge is 2.30. The SMILES string of the molecule is Cc1ccc(Oc2ccnc(-c3ccn(C)c3)c2)cc1NC(=O)Nc1ccc(C(F)(F)F)cc1. The highest BCUT2D eigenvalue weighted by Crippen LogP contribution is 2.31. The first-order valence-electron chi connectivity index (χ1n) is 10.3. The van der Waals surface area contributed by atoms with Crippen LogP contribution in [0.2, 0.25) is 0 Å². The standard InChI is InChI=1S/C25H21F3N4O2/c1-16-3-8-20(34-21-9-11-29-23(14-21)17-10-12-32(2)15-17)13-22(16)31-24(33)30-19-6-4-18(5-7-19)25(26,27)28/h3-15H,1-2H3,(H2,30,31,33). The van der Waals surface area contributed by atoms with Crippen molar-refractivity contribution in [3.63, 3.8) is 0 Å². The van der Waals surface area contributed by atoms with Gasteiger partial charge in [-0.25, -0.2) is 4.79 Å². The van der Waals surface area contributed by atoms with Crippen LogP contribution in [-0.4, -0.2) is 15.6 Å². The number of ether oxygens (including phenoxy) is 1. The molecule has 0 saturated carbocycles. The Morgan fingerprint density at radius 3 is 2.38 bits per heavy atom. The summed E-state index contributed by atoms with van der Waals surface area (Å²) in [6.07, 6.45) is 1.10. The molecule has 0 atom stereocenters. The van der Waals surface area contributed by atoms with Crippen molar-refractivity contribution in [2.45, 2.75) is 13.1 Å². The Morgan fingerprint density at radius 1 is 0.971 bits per heavy atom. The summed E-state index contributed by atoms with van der Waals surface area (Å²) >= 11 is 0. The Labute approximate surface area is 194 Å². The first-order valence-corrected chi connectivity index (χ1v) is 10.3. The third-order valence-corrected chi connectivity index (χ3v) is 5.02. The van der Waals surface area contributed by atoms with Crippen molar-refractivity contribution in [2.24, 2.45) is 7.05 Å². The summed E-state index contributed by atoms with van der Waals surface area (Å²) in [5.41, 5.74) is 2.46. The Balaban J connectivity index is 1.44. The number of amides is 2. The number of hydrogen-bond acceptors (Lipinski definition) is 3. The minimum absolute atomic E-state index is 0.237. The minimum Gasteiger partial charge on any atom is -0.457 e. The number of benzene rings is 2. The number of hydrogen-bond donors (Lipinski definition) is 2. The third kappa shape index (κ3) is 5.55. The number of aromatic nitrogens is 2. The molecule has 0 bridgehead atoms. The van der Waals surface area contributed by atoms with Crippen LogP contribution in [0.1, 0.15) is 11.1 Å². The molecular formula is C25H21F3N4O2. The molecule has 0 aliphatic heterocycles. The number of nitrogens with one attached hydrogen (secondary N) is 2. The van der Waals surface area contributed by atoms with Gasteiger partial charge in [0.1, 0.15) is 11.5 Å². The van der Waals surface area contributed by atoms with Gasteiger partial charge in [-0.05, 0) is 55.0 Å². The largest absolute Gasteiger partial charge is 0.457 e.